The van der Waals surface area contributed by atoms with Crippen molar-refractivity contribution in [3.8, 4) is 34.4 Å². The Hall–Kier alpha value is -3.32. The molecular weight excluding hydrogens is 340 g/mol. The molecule has 0 radical (unpaired) electrons. The molecule has 0 saturated carbocycles. The van der Waals surface area contributed by atoms with Gasteiger partial charge in [-0.05, 0) is 31.5 Å². The van der Waals surface area contributed by atoms with Crippen molar-refractivity contribution in [2.75, 3.05) is 6.54 Å². The quantitative estimate of drug-likeness (QED) is 0.585. The molecule has 3 aromatic heterocycles. The van der Waals surface area contributed by atoms with Crippen LogP contribution < -0.4 is 5.73 Å². The van der Waals surface area contributed by atoms with Crippen molar-refractivity contribution in [3.63, 3.8) is 0 Å². The smallest absolute Gasteiger partial charge is 0.245 e. The summed E-state index contributed by atoms with van der Waals surface area (Å²) in [6.45, 7) is 4.55. The number of pyridine rings is 1. The SMILES string of the molecule is Cc1ccccc1-c1cnc(-c2cccc(-c3nncn3C(C)CN)n2)o1. The Balaban J connectivity index is 1.70. The van der Waals surface area contributed by atoms with Crippen LogP contribution in [0.4, 0.5) is 0 Å². The van der Waals surface area contributed by atoms with Crippen LogP contribution in [-0.2, 0) is 0 Å². The fraction of sp³-hybridized carbons (Fsp3) is 0.200. The topological polar surface area (TPSA) is 95.7 Å². The summed E-state index contributed by atoms with van der Waals surface area (Å²) in [5, 5.41) is 8.20. The van der Waals surface area contributed by atoms with Crippen molar-refractivity contribution < 1.29 is 4.42 Å². The molecular formula is C20H20N6O. The van der Waals surface area contributed by atoms with Crippen LogP contribution in [-0.4, -0.2) is 31.3 Å². The van der Waals surface area contributed by atoms with Gasteiger partial charge in [-0.15, -0.1) is 10.2 Å². The number of rotatable bonds is 5. The molecule has 7 heteroatoms. The zero-order chi connectivity index (χ0) is 18.8. The van der Waals surface area contributed by atoms with Gasteiger partial charge < -0.3 is 14.7 Å². The van der Waals surface area contributed by atoms with E-state index in [1.165, 1.54) is 0 Å². The Morgan fingerprint density at radius 2 is 1.93 bits per heavy atom. The lowest BCUT2D eigenvalue weighted by atomic mass is 10.1. The van der Waals surface area contributed by atoms with Gasteiger partial charge in [-0.3, -0.25) is 0 Å². The van der Waals surface area contributed by atoms with Crippen LogP contribution in [0.15, 0.2) is 59.4 Å². The second-order valence-corrected chi connectivity index (χ2v) is 6.40. The maximum Gasteiger partial charge on any atom is 0.245 e. The van der Waals surface area contributed by atoms with Crippen molar-refractivity contribution in [2.45, 2.75) is 19.9 Å². The Morgan fingerprint density at radius 3 is 2.74 bits per heavy atom. The van der Waals surface area contributed by atoms with E-state index in [1.54, 1.807) is 12.5 Å². The number of nitrogens with zero attached hydrogens (tertiary/aromatic N) is 5. The van der Waals surface area contributed by atoms with E-state index in [0.29, 0.717) is 29.6 Å². The first-order chi connectivity index (χ1) is 13.2. The van der Waals surface area contributed by atoms with Gasteiger partial charge in [0.25, 0.3) is 0 Å². The van der Waals surface area contributed by atoms with E-state index in [4.69, 9.17) is 10.2 Å². The molecule has 0 spiro atoms. The summed E-state index contributed by atoms with van der Waals surface area (Å²) in [6.07, 6.45) is 3.40. The van der Waals surface area contributed by atoms with Crippen molar-refractivity contribution in [2.24, 2.45) is 5.73 Å². The molecule has 2 N–H and O–H groups in total. The second-order valence-electron chi connectivity index (χ2n) is 6.40. The summed E-state index contributed by atoms with van der Waals surface area (Å²) in [5.41, 5.74) is 9.26. The molecule has 0 amide bonds. The number of hydrogen-bond acceptors (Lipinski definition) is 6. The lowest BCUT2D eigenvalue weighted by molar-refractivity contribution is 0.560. The van der Waals surface area contributed by atoms with Crippen molar-refractivity contribution in [1.82, 2.24) is 24.7 Å². The predicted octanol–water partition coefficient (Wildman–Crippen LogP) is 3.49. The van der Waals surface area contributed by atoms with Crippen molar-refractivity contribution in [3.05, 3.63) is 60.6 Å². The van der Waals surface area contributed by atoms with Crippen LogP contribution in [0, 0.1) is 6.92 Å². The summed E-state index contributed by atoms with van der Waals surface area (Å²) in [7, 11) is 0. The van der Waals surface area contributed by atoms with E-state index in [1.807, 2.05) is 60.9 Å². The highest BCUT2D eigenvalue weighted by molar-refractivity contribution is 5.64. The van der Waals surface area contributed by atoms with Crippen LogP contribution in [0.2, 0.25) is 0 Å². The summed E-state index contributed by atoms with van der Waals surface area (Å²) in [4.78, 5) is 9.08. The molecule has 136 valence electrons. The van der Waals surface area contributed by atoms with Gasteiger partial charge in [0.1, 0.15) is 17.7 Å². The Labute approximate surface area is 156 Å². The average Bonchev–Trinajstić information content (AvgIpc) is 3.38. The maximum absolute atomic E-state index is 5.97. The van der Waals surface area contributed by atoms with Gasteiger partial charge in [0, 0.05) is 18.2 Å². The number of nitrogens with two attached hydrogens (primary N) is 1. The van der Waals surface area contributed by atoms with Gasteiger partial charge in [0.15, 0.2) is 11.6 Å². The van der Waals surface area contributed by atoms with Crippen LogP contribution in [0.3, 0.4) is 0 Å². The Kier molecular flexibility index (Phi) is 4.52. The second kappa shape index (κ2) is 7.13. The van der Waals surface area contributed by atoms with Crippen molar-refractivity contribution >= 4 is 0 Å². The molecule has 4 aromatic rings. The molecule has 0 fully saturated rings. The molecule has 0 aliphatic heterocycles. The monoisotopic (exact) mass is 360 g/mol. The number of benzene rings is 1. The van der Waals surface area contributed by atoms with Gasteiger partial charge >= 0.3 is 0 Å². The maximum atomic E-state index is 5.97. The van der Waals surface area contributed by atoms with E-state index in [-0.39, 0.29) is 6.04 Å². The van der Waals surface area contributed by atoms with Crippen LogP contribution in [0.1, 0.15) is 18.5 Å². The van der Waals surface area contributed by atoms with Crippen LogP contribution >= 0.6 is 0 Å². The minimum Gasteiger partial charge on any atom is -0.435 e. The summed E-state index contributed by atoms with van der Waals surface area (Å²) in [6, 6.07) is 13.8. The molecule has 1 aromatic carbocycles. The number of hydrogen-bond donors (Lipinski definition) is 1. The normalized spacial score (nSPS) is 12.3. The molecule has 1 atom stereocenters. The highest BCUT2D eigenvalue weighted by Crippen LogP contribution is 2.28. The molecule has 0 aliphatic rings. The largest absolute Gasteiger partial charge is 0.435 e. The third kappa shape index (κ3) is 3.24. The van der Waals surface area contributed by atoms with E-state index >= 15 is 0 Å². The van der Waals surface area contributed by atoms with Gasteiger partial charge in [-0.25, -0.2) is 9.97 Å². The zero-order valence-electron chi connectivity index (χ0n) is 15.2. The van der Waals surface area contributed by atoms with E-state index in [0.717, 1.165) is 16.9 Å². The lowest BCUT2D eigenvalue weighted by Crippen LogP contribution is -2.16. The van der Waals surface area contributed by atoms with E-state index in [9.17, 15) is 0 Å². The molecule has 7 nitrogen and oxygen atoms in total. The van der Waals surface area contributed by atoms with Crippen LogP contribution in [0.25, 0.3) is 34.4 Å². The lowest BCUT2D eigenvalue weighted by Gasteiger charge is -2.12. The zero-order valence-corrected chi connectivity index (χ0v) is 15.2. The first-order valence-electron chi connectivity index (χ1n) is 8.76. The number of aromatic nitrogens is 5. The minimum absolute atomic E-state index is 0.0786. The highest BCUT2D eigenvalue weighted by atomic mass is 16.4. The predicted molar refractivity (Wildman–Crippen MR) is 103 cm³/mol. The minimum atomic E-state index is 0.0786. The number of oxazole rings is 1. The third-order valence-corrected chi connectivity index (χ3v) is 4.50. The third-order valence-electron chi connectivity index (χ3n) is 4.50. The Bertz CT molecular complexity index is 1070. The fourth-order valence-electron chi connectivity index (χ4n) is 2.91. The molecule has 27 heavy (non-hydrogen) atoms. The standard InChI is InChI=1S/C20H20N6O/c1-13-6-3-4-7-15(13)18-11-22-20(27-18)17-9-5-8-16(24-17)19-25-23-12-26(19)14(2)10-21/h3-9,11-12,14H,10,21H2,1-2H3. The average molecular weight is 360 g/mol. The van der Waals surface area contributed by atoms with Crippen molar-refractivity contribution in [1.29, 1.82) is 0 Å². The van der Waals surface area contributed by atoms with E-state index in [2.05, 4.69) is 20.2 Å². The number of aryl methyl sites for hydroxylation is 1. The van der Waals surface area contributed by atoms with Crippen LogP contribution in [0.5, 0.6) is 0 Å². The summed E-state index contributed by atoms with van der Waals surface area (Å²) >= 11 is 0. The van der Waals surface area contributed by atoms with Gasteiger partial charge in [0.05, 0.1) is 6.20 Å². The summed E-state index contributed by atoms with van der Waals surface area (Å²) < 4.78 is 7.89. The molecule has 1 unspecified atom stereocenters. The van der Waals surface area contributed by atoms with Gasteiger partial charge in [-0.1, -0.05) is 30.3 Å². The molecule has 0 saturated heterocycles. The highest BCUT2D eigenvalue weighted by Gasteiger charge is 2.16. The summed E-state index contributed by atoms with van der Waals surface area (Å²) in [5.74, 6) is 1.85. The molecule has 0 aliphatic carbocycles. The molecule has 4 rings (SSSR count). The van der Waals surface area contributed by atoms with Gasteiger partial charge in [0.2, 0.25) is 5.89 Å². The molecule has 0 bridgehead atoms. The Morgan fingerprint density at radius 1 is 1.11 bits per heavy atom. The fourth-order valence-corrected chi connectivity index (χ4v) is 2.91. The first-order valence-corrected chi connectivity index (χ1v) is 8.76. The van der Waals surface area contributed by atoms with Gasteiger partial charge in [-0.2, -0.15) is 0 Å². The van der Waals surface area contributed by atoms with E-state index < -0.39 is 0 Å². The molecule has 3 heterocycles. The first kappa shape index (κ1) is 17.1.